The Morgan fingerprint density at radius 3 is 1.76 bits per heavy atom. The van der Waals surface area contributed by atoms with Gasteiger partial charge in [0, 0.05) is 13.0 Å². The quantitative estimate of drug-likeness (QED) is 0.0215. The zero-order chi connectivity index (χ0) is 40.4. The lowest BCUT2D eigenvalue weighted by Gasteiger charge is -2.41. The Kier molecular flexibility index (Phi) is 31.3. The lowest BCUT2D eigenvalue weighted by atomic mass is 9.99. The highest BCUT2D eigenvalue weighted by molar-refractivity contribution is 7.80. The van der Waals surface area contributed by atoms with Crippen LogP contribution >= 0.6 is 0 Å². The molecule has 1 fully saturated rings. The average molecular weight is 801 g/mol. The summed E-state index contributed by atoms with van der Waals surface area (Å²) in [5, 5.41) is 30.3. The molecule has 6 atom stereocenters. The normalized spacial score (nSPS) is 21.6. The van der Waals surface area contributed by atoms with Crippen LogP contribution in [0.15, 0.2) is 60.8 Å². The summed E-state index contributed by atoms with van der Waals surface area (Å²) in [5.74, 6) is -0.439. The Morgan fingerprint density at radius 2 is 1.24 bits per heavy atom. The number of esters is 1. The minimum atomic E-state index is -5.05. The van der Waals surface area contributed by atoms with E-state index in [9.17, 15) is 28.5 Å². The summed E-state index contributed by atoms with van der Waals surface area (Å²) in [6, 6.07) is 0. The Bertz CT molecular complexity index is 1200. The van der Waals surface area contributed by atoms with Gasteiger partial charge < -0.3 is 34.3 Å². The Balaban J connectivity index is 2.17. The molecule has 0 aromatic rings. The number of aliphatic hydroxyl groups excluding tert-OH is 3. The van der Waals surface area contributed by atoms with E-state index in [-0.39, 0.29) is 19.6 Å². The first-order valence-electron chi connectivity index (χ1n) is 20.5. The molecule has 12 nitrogen and oxygen atoms in total. The van der Waals surface area contributed by atoms with Gasteiger partial charge in [-0.15, -0.1) is 0 Å². The smallest absolute Gasteiger partial charge is 0.397 e. The van der Waals surface area contributed by atoms with Gasteiger partial charge in [-0.2, -0.15) is 8.42 Å². The second-order valence-electron chi connectivity index (χ2n) is 13.9. The van der Waals surface area contributed by atoms with Crippen molar-refractivity contribution in [1.29, 1.82) is 0 Å². The molecule has 4 N–H and O–H groups in total. The molecule has 13 heteroatoms. The molecule has 0 aliphatic carbocycles. The number of allylic oxidation sites excluding steroid dienone is 10. The third-order valence-corrected chi connectivity index (χ3v) is 9.37. The number of carbonyl (C=O) groups excluding carboxylic acids is 1. The van der Waals surface area contributed by atoms with Crippen LogP contribution in [0.1, 0.15) is 136 Å². The standard InChI is InChI=1S/C42H72O12S/c1-3-5-7-8-9-10-11-12-13-14-15-16-17-18-19-20-21-22-23-24-25-26-27-28-29-30-32-50-34-36(52-38(44)31-6-4-2)35-51-42-40(46)41(54-55(47,48)49)39(45)37(33-43)53-42/h5,7,9-10,12-13,15-16,18-19,36-37,39-43,45-46H,3-4,6,8,11,14,17,20-35H2,1-2H3,(H,47,48,49)/b7-5-,10-9-,13-12-,16-15-,19-18-. The molecule has 0 amide bonds. The van der Waals surface area contributed by atoms with Crippen molar-refractivity contribution >= 4 is 16.4 Å². The van der Waals surface area contributed by atoms with Gasteiger partial charge in [-0.05, 0) is 57.8 Å². The van der Waals surface area contributed by atoms with Crippen molar-refractivity contribution in [3.63, 3.8) is 0 Å². The number of hydrogen-bond acceptors (Lipinski definition) is 11. The number of ether oxygens (including phenoxy) is 4. The highest BCUT2D eigenvalue weighted by Gasteiger charge is 2.48. The molecule has 1 rings (SSSR count). The molecule has 6 unspecified atom stereocenters. The van der Waals surface area contributed by atoms with Crippen molar-refractivity contribution in [2.75, 3.05) is 26.4 Å². The lowest BCUT2D eigenvalue weighted by molar-refractivity contribution is -0.301. The van der Waals surface area contributed by atoms with E-state index in [2.05, 4.69) is 71.9 Å². The largest absolute Gasteiger partial charge is 0.457 e. The van der Waals surface area contributed by atoms with E-state index in [1.165, 1.54) is 44.9 Å². The number of hydrogen-bond donors (Lipinski definition) is 4. The maximum atomic E-state index is 12.3. The van der Waals surface area contributed by atoms with Crippen molar-refractivity contribution in [1.82, 2.24) is 0 Å². The molecular weight excluding hydrogens is 729 g/mol. The van der Waals surface area contributed by atoms with Crippen molar-refractivity contribution in [3.8, 4) is 0 Å². The molecule has 0 aromatic carbocycles. The first-order chi connectivity index (χ1) is 26.6. The fourth-order valence-corrected chi connectivity index (χ4v) is 6.30. The maximum Gasteiger partial charge on any atom is 0.397 e. The molecule has 0 bridgehead atoms. The molecular formula is C42H72O12S. The van der Waals surface area contributed by atoms with Gasteiger partial charge in [-0.3, -0.25) is 9.35 Å². The van der Waals surface area contributed by atoms with Gasteiger partial charge >= 0.3 is 16.4 Å². The summed E-state index contributed by atoms with van der Waals surface area (Å²) in [6.45, 7) is 3.56. The molecule has 0 saturated carbocycles. The van der Waals surface area contributed by atoms with Crippen LogP contribution in [0.25, 0.3) is 0 Å². The van der Waals surface area contributed by atoms with E-state index >= 15 is 0 Å². The van der Waals surface area contributed by atoms with Crippen LogP contribution in [0.5, 0.6) is 0 Å². The zero-order valence-electron chi connectivity index (χ0n) is 33.5. The van der Waals surface area contributed by atoms with Gasteiger partial charge in [0.2, 0.25) is 0 Å². The number of unbranched alkanes of at least 4 members (excludes halogenated alkanes) is 11. The zero-order valence-corrected chi connectivity index (χ0v) is 34.3. The molecule has 318 valence electrons. The van der Waals surface area contributed by atoms with Crippen LogP contribution in [0, 0.1) is 0 Å². The molecule has 1 aliphatic heterocycles. The monoisotopic (exact) mass is 800 g/mol. The Morgan fingerprint density at radius 1 is 0.709 bits per heavy atom. The van der Waals surface area contributed by atoms with Gasteiger partial charge in [0.1, 0.15) is 30.5 Å². The van der Waals surface area contributed by atoms with E-state index in [1.807, 2.05) is 6.92 Å². The van der Waals surface area contributed by atoms with Crippen LogP contribution in [-0.2, 0) is 38.3 Å². The Labute approximate surface area is 331 Å². The van der Waals surface area contributed by atoms with Crippen LogP contribution < -0.4 is 0 Å². The van der Waals surface area contributed by atoms with Crippen LogP contribution in [0.2, 0.25) is 0 Å². The van der Waals surface area contributed by atoms with Crippen molar-refractivity contribution < 1.29 is 56.2 Å². The van der Waals surface area contributed by atoms with Crippen LogP contribution in [0.4, 0.5) is 0 Å². The first kappa shape index (κ1) is 50.8. The minimum absolute atomic E-state index is 0.0265. The van der Waals surface area contributed by atoms with Gasteiger partial charge in [0.05, 0.1) is 19.8 Å². The number of rotatable bonds is 34. The van der Waals surface area contributed by atoms with E-state index in [0.29, 0.717) is 13.0 Å². The third-order valence-electron chi connectivity index (χ3n) is 8.90. The molecule has 0 spiro atoms. The Hall–Kier alpha value is -2.20. The average Bonchev–Trinajstić information content (AvgIpc) is 3.15. The van der Waals surface area contributed by atoms with Crippen molar-refractivity contribution in [2.24, 2.45) is 0 Å². The van der Waals surface area contributed by atoms with Gasteiger partial charge in [-0.1, -0.05) is 132 Å². The summed E-state index contributed by atoms with van der Waals surface area (Å²) in [5.41, 5.74) is 0. The lowest BCUT2D eigenvalue weighted by Crippen LogP contribution is -2.60. The first-order valence-corrected chi connectivity index (χ1v) is 21.9. The van der Waals surface area contributed by atoms with Crippen LogP contribution in [-0.4, -0.2) is 97.5 Å². The molecule has 1 heterocycles. The van der Waals surface area contributed by atoms with Gasteiger partial charge in [0.15, 0.2) is 6.29 Å². The van der Waals surface area contributed by atoms with Crippen LogP contribution in [0.3, 0.4) is 0 Å². The SMILES string of the molecule is CC/C=C\C/C=C\C/C=C\C/C=C\C/C=C\CCCCCCCCCCCCOCC(COC1OC(CO)C(O)C(OS(=O)(=O)O)C1O)OC(=O)CCCC. The third kappa shape index (κ3) is 27.9. The summed E-state index contributed by atoms with van der Waals surface area (Å²) < 4.78 is 58.2. The molecule has 0 aromatic heterocycles. The topological polar surface area (TPSA) is 178 Å². The molecule has 0 radical (unpaired) electrons. The van der Waals surface area contributed by atoms with E-state index < -0.39 is 59.8 Å². The van der Waals surface area contributed by atoms with Gasteiger partial charge in [-0.25, -0.2) is 4.18 Å². The number of aliphatic hydroxyl groups is 3. The fourth-order valence-electron chi connectivity index (χ4n) is 5.79. The predicted molar refractivity (Wildman–Crippen MR) is 216 cm³/mol. The minimum Gasteiger partial charge on any atom is -0.457 e. The van der Waals surface area contributed by atoms with Crippen molar-refractivity contribution in [3.05, 3.63) is 60.8 Å². The highest BCUT2D eigenvalue weighted by atomic mass is 32.3. The molecule has 1 aliphatic rings. The predicted octanol–water partition coefficient (Wildman–Crippen LogP) is 7.79. The number of carbonyl (C=O) groups is 1. The van der Waals surface area contributed by atoms with E-state index in [4.69, 9.17) is 23.5 Å². The summed E-state index contributed by atoms with van der Waals surface area (Å²) in [7, 11) is -5.05. The summed E-state index contributed by atoms with van der Waals surface area (Å²) in [4.78, 5) is 12.3. The molecule has 55 heavy (non-hydrogen) atoms. The van der Waals surface area contributed by atoms with Gasteiger partial charge in [0.25, 0.3) is 0 Å². The van der Waals surface area contributed by atoms with Crippen molar-refractivity contribution in [2.45, 2.75) is 173 Å². The van der Waals surface area contributed by atoms with E-state index in [0.717, 1.165) is 64.2 Å². The van der Waals surface area contributed by atoms with E-state index in [1.54, 1.807) is 0 Å². The maximum absolute atomic E-state index is 12.3. The fraction of sp³-hybridized carbons (Fsp3) is 0.738. The summed E-state index contributed by atoms with van der Waals surface area (Å²) in [6.07, 6.45) is 32.7. The second-order valence-corrected chi connectivity index (χ2v) is 14.9. The second kappa shape index (κ2) is 33.9. The highest BCUT2D eigenvalue weighted by Crippen LogP contribution is 2.26. The summed E-state index contributed by atoms with van der Waals surface area (Å²) >= 11 is 0. The molecule has 1 saturated heterocycles.